The molecule has 0 aliphatic heterocycles. The predicted molar refractivity (Wildman–Crippen MR) is 69.4 cm³/mol. The van der Waals surface area contributed by atoms with Crippen LogP contribution in [0.1, 0.15) is 34.8 Å². The maximum Gasteiger partial charge on any atom is 0.349 e. The number of aryl methyl sites for hydroxylation is 1. The quantitative estimate of drug-likeness (QED) is 0.828. The first-order valence-corrected chi connectivity index (χ1v) is 6.55. The number of carbonyl (C=O) groups excluding carboxylic acids is 1. The van der Waals surface area contributed by atoms with Gasteiger partial charge in [0.15, 0.2) is 11.0 Å². The molecule has 1 atom stereocenters. The van der Waals surface area contributed by atoms with Crippen LogP contribution in [0.2, 0.25) is 0 Å². The lowest BCUT2D eigenvalue weighted by Gasteiger charge is -2.12. The lowest BCUT2D eigenvalue weighted by atomic mass is 10.3. The maximum atomic E-state index is 11.3. The Balaban J connectivity index is 2.92. The zero-order chi connectivity index (χ0) is 13.7. The number of carbonyl (C=O) groups is 2. The molecule has 1 heterocycles. The van der Waals surface area contributed by atoms with Crippen LogP contribution in [0.4, 0.5) is 0 Å². The summed E-state index contributed by atoms with van der Waals surface area (Å²) >= 11 is 1.20. The summed E-state index contributed by atoms with van der Waals surface area (Å²) in [5.74, 6) is -1.04. The molecule has 100 valence electrons. The number of ether oxygens (including phenoxy) is 1. The van der Waals surface area contributed by atoms with E-state index in [1.54, 1.807) is 13.0 Å². The Bertz CT molecular complexity index is 441. The first kappa shape index (κ1) is 14.5. The number of thiophene rings is 1. The normalized spacial score (nSPS) is 11.9. The van der Waals surface area contributed by atoms with Crippen molar-refractivity contribution >= 4 is 23.2 Å². The van der Waals surface area contributed by atoms with Crippen LogP contribution in [-0.4, -0.2) is 30.1 Å². The molecule has 0 spiro atoms. The van der Waals surface area contributed by atoms with Crippen LogP contribution in [0.5, 0.6) is 5.75 Å². The molecule has 1 aromatic rings. The Morgan fingerprint density at radius 2 is 2.22 bits per heavy atom. The van der Waals surface area contributed by atoms with E-state index in [4.69, 9.17) is 9.84 Å². The molecule has 6 heteroatoms. The SMILES string of the molecule is CCCc1cc(OC(C)C(=O)NC)c(C(=O)O)s1. The first-order valence-electron chi connectivity index (χ1n) is 5.73. The van der Waals surface area contributed by atoms with E-state index in [1.165, 1.54) is 18.4 Å². The van der Waals surface area contributed by atoms with Gasteiger partial charge >= 0.3 is 5.97 Å². The molecule has 1 unspecified atom stereocenters. The third kappa shape index (κ3) is 3.46. The number of hydrogen-bond acceptors (Lipinski definition) is 4. The highest BCUT2D eigenvalue weighted by atomic mass is 32.1. The molecule has 1 amide bonds. The molecule has 0 aliphatic carbocycles. The van der Waals surface area contributed by atoms with Crippen molar-refractivity contribution in [1.82, 2.24) is 5.32 Å². The third-order valence-corrected chi connectivity index (χ3v) is 3.52. The lowest BCUT2D eigenvalue weighted by molar-refractivity contribution is -0.126. The fourth-order valence-electron chi connectivity index (χ4n) is 1.48. The van der Waals surface area contributed by atoms with Crippen LogP contribution in [0.15, 0.2) is 6.07 Å². The zero-order valence-electron chi connectivity index (χ0n) is 10.6. The smallest absolute Gasteiger partial charge is 0.349 e. The van der Waals surface area contributed by atoms with E-state index in [0.717, 1.165) is 17.7 Å². The predicted octanol–water partition coefficient (Wildman–Crippen LogP) is 1.91. The van der Waals surface area contributed by atoms with Gasteiger partial charge in [-0.05, 0) is 19.4 Å². The number of amides is 1. The van der Waals surface area contributed by atoms with E-state index in [1.807, 2.05) is 6.92 Å². The van der Waals surface area contributed by atoms with Gasteiger partial charge in [-0.15, -0.1) is 11.3 Å². The van der Waals surface area contributed by atoms with Crippen molar-refractivity contribution in [2.24, 2.45) is 0 Å². The monoisotopic (exact) mass is 271 g/mol. The minimum atomic E-state index is -1.03. The van der Waals surface area contributed by atoms with Gasteiger partial charge < -0.3 is 15.2 Å². The highest BCUT2D eigenvalue weighted by Crippen LogP contribution is 2.31. The lowest BCUT2D eigenvalue weighted by Crippen LogP contribution is -2.33. The largest absolute Gasteiger partial charge is 0.479 e. The number of aromatic carboxylic acids is 1. The van der Waals surface area contributed by atoms with Crippen molar-refractivity contribution in [1.29, 1.82) is 0 Å². The minimum absolute atomic E-state index is 0.147. The van der Waals surface area contributed by atoms with Gasteiger partial charge in [0.05, 0.1) is 0 Å². The van der Waals surface area contributed by atoms with Crippen LogP contribution in [0, 0.1) is 0 Å². The van der Waals surface area contributed by atoms with Gasteiger partial charge in [0.1, 0.15) is 5.75 Å². The molecule has 1 rings (SSSR count). The summed E-state index contributed by atoms with van der Waals surface area (Å²) in [5.41, 5.74) is 0. The number of nitrogens with one attached hydrogen (secondary N) is 1. The summed E-state index contributed by atoms with van der Waals surface area (Å²) in [5, 5.41) is 11.5. The summed E-state index contributed by atoms with van der Waals surface area (Å²) in [4.78, 5) is 23.5. The second-order valence-corrected chi connectivity index (χ2v) is 4.97. The molecule has 0 aliphatic rings. The molecule has 0 bridgehead atoms. The molecular formula is C12H17NO4S. The van der Waals surface area contributed by atoms with Gasteiger partial charge in [-0.3, -0.25) is 4.79 Å². The summed E-state index contributed by atoms with van der Waals surface area (Å²) in [6.45, 7) is 3.61. The van der Waals surface area contributed by atoms with Crippen LogP contribution >= 0.6 is 11.3 Å². The van der Waals surface area contributed by atoms with Gasteiger partial charge in [-0.2, -0.15) is 0 Å². The first-order chi connectivity index (χ1) is 8.49. The zero-order valence-corrected chi connectivity index (χ0v) is 11.5. The van der Waals surface area contributed by atoms with E-state index < -0.39 is 12.1 Å². The van der Waals surface area contributed by atoms with Gasteiger partial charge in [0.2, 0.25) is 0 Å². The van der Waals surface area contributed by atoms with E-state index in [2.05, 4.69) is 5.32 Å². The Hall–Kier alpha value is -1.56. The standard InChI is InChI=1S/C12H17NO4S/c1-4-5-8-6-9(10(18-8)12(15)16)17-7(2)11(14)13-3/h6-7H,4-5H2,1-3H3,(H,13,14)(H,15,16). The van der Waals surface area contributed by atoms with Crippen molar-refractivity contribution in [3.05, 3.63) is 15.8 Å². The second-order valence-electron chi connectivity index (χ2n) is 3.84. The summed E-state index contributed by atoms with van der Waals surface area (Å²) < 4.78 is 5.40. The molecule has 0 saturated heterocycles. The number of likely N-dealkylation sites (N-methyl/N-ethyl adjacent to an activating group) is 1. The average molecular weight is 271 g/mol. The van der Waals surface area contributed by atoms with Crippen molar-refractivity contribution in [2.75, 3.05) is 7.05 Å². The highest BCUT2D eigenvalue weighted by Gasteiger charge is 2.21. The summed E-state index contributed by atoms with van der Waals surface area (Å²) in [6.07, 6.45) is 1.03. The molecule has 0 radical (unpaired) electrons. The molecule has 0 fully saturated rings. The number of carboxylic acid groups (broad SMARTS) is 1. The highest BCUT2D eigenvalue weighted by molar-refractivity contribution is 7.14. The second kappa shape index (κ2) is 6.39. The Morgan fingerprint density at radius 3 is 2.72 bits per heavy atom. The van der Waals surface area contributed by atoms with Crippen molar-refractivity contribution in [3.8, 4) is 5.75 Å². The number of rotatable bonds is 6. The van der Waals surface area contributed by atoms with Gasteiger partial charge in [-0.1, -0.05) is 13.3 Å². The Labute approximate surface area is 110 Å². The van der Waals surface area contributed by atoms with Gasteiger partial charge in [0, 0.05) is 11.9 Å². The fraction of sp³-hybridized carbons (Fsp3) is 0.500. The molecule has 0 aromatic carbocycles. The minimum Gasteiger partial charge on any atom is -0.479 e. The maximum absolute atomic E-state index is 11.3. The average Bonchev–Trinajstić information content (AvgIpc) is 2.71. The molecule has 5 nitrogen and oxygen atoms in total. The fourth-order valence-corrected chi connectivity index (χ4v) is 2.51. The third-order valence-electron chi connectivity index (χ3n) is 2.36. The topological polar surface area (TPSA) is 75.6 Å². The summed E-state index contributed by atoms with van der Waals surface area (Å²) in [7, 11) is 1.51. The van der Waals surface area contributed by atoms with Crippen molar-refractivity contribution in [2.45, 2.75) is 32.8 Å². The van der Waals surface area contributed by atoms with E-state index in [9.17, 15) is 9.59 Å². The van der Waals surface area contributed by atoms with E-state index in [0.29, 0.717) is 0 Å². The van der Waals surface area contributed by atoms with Gasteiger partial charge in [0.25, 0.3) is 5.91 Å². The molecule has 1 aromatic heterocycles. The molecule has 0 saturated carbocycles. The van der Waals surface area contributed by atoms with Gasteiger partial charge in [-0.25, -0.2) is 4.79 Å². The van der Waals surface area contributed by atoms with E-state index >= 15 is 0 Å². The number of carboxylic acids is 1. The van der Waals surface area contributed by atoms with Crippen molar-refractivity contribution in [3.63, 3.8) is 0 Å². The Morgan fingerprint density at radius 1 is 1.56 bits per heavy atom. The van der Waals surface area contributed by atoms with Crippen LogP contribution in [0.25, 0.3) is 0 Å². The van der Waals surface area contributed by atoms with Crippen LogP contribution in [0.3, 0.4) is 0 Å². The van der Waals surface area contributed by atoms with Crippen LogP contribution < -0.4 is 10.1 Å². The number of hydrogen-bond donors (Lipinski definition) is 2. The summed E-state index contributed by atoms with van der Waals surface area (Å²) in [6, 6.07) is 1.71. The molecular weight excluding hydrogens is 254 g/mol. The molecule has 18 heavy (non-hydrogen) atoms. The van der Waals surface area contributed by atoms with Crippen LogP contribution in [-0.2, 0) is 11.2 Å². The van der Waals surface area contributed by atoms with E-state index in [-0.39, 0.29) is 16.5 Å². The molecule has 2 N–H and O–H groups in total. The Kier molecular flexibility index (Phi) is 5.15. The van der Waals surface area contributed by atoms with Crippen molar-refractivity contribution < 1.29 is 19.4 Å².